The lowest BCUT2D eigenvalue weighted by molar-refractivity contribution is 0.196. The maximum atomic E-state index is 12.7. The molecule has 1 aromatic carbocycles. The van der Waals surface area contributed by atoms with Gasteiger partial charge in [-0.25, -0.2) is 4.79 Å². The third kappa shape index (κ3) is 4.45. The highest BCUT2D eigenvalue weighted by molar-refractivity contribution is 5.74. The molecule has 1 fully saturated rings. The summed E-state index contributed by atoms with van der Waals surface area (Å²) in [5, 5.41) is 7.13. The van der Waals surface area contributed by atoms with Gasteiger partial charge in [-0.2, -0.15) is 0 Å². The maximum Gasteiger partial charge on any atom is 0.317 e. The van der Waals surface area contributed by atoms with E-state index in [0.29, 0.717) is 5.92 Å². The first kappa shape index (κ1) is 18.5. The minimum Gasteiger partial charge on any atom is -0.361 e. The highest BCUT2D eigenvalue weighted by atomic mass is 16.5. The standard InChI is InChI=1S/C21H29N3O2/c1-15(14-20-16(2)23-26-17(20)3)22-21(25)24-12-7-10-19(11-13-24)18-8-5-4-6-9-18/h4-6,8-9,15,19H,7,10-14H2,1-3H3,(H,22,25)/t15-,19+/m1/s1. The zero-order valence-electron chi connectivity index (χ0n) is 16.0. The second-order valence-electron chi connectivity index (χ2n) is 7.38. The van der Waals surface area contributed by atoms with Gasteiger partial charge in [0.15, 0.2) is 0 Å². The highest BCUT2D eigenvalue weighted by Crippen LogP contribution is 2.27. The zero-order valence-corrected chi connectivity index (χ0v) is 16.0. The topological polar surface area (TPSA) is 58.4 Å². The van der Waals surface area contributed by atoms with Gasteiger partial charge in [-0.15, -0.1) is 0 Å². The van der Waals surface area contributed by atoms with Crippen molar-refractivity contribution in [3.63, 3.8) is 0 Å². The Morgan fingerprint density at radius 2 is 2.04 bits per heavy atom. The summed E-state index contributed by atoms with van der Waals surface area (Å²) in [5.41, 5.74) is 3.39. The predicted octanol–water partition coefficient (Wildman–Crippen LogP) is 4.20. The Labute approximate surface area is 155 Å². The smallest absolute Gasteiger partial charge is 0.317 e. The summed E-state index contributed by atoms with van der Waals surface area (Å²) in [7, 11) is 0. The summed E-state index contributed by atoms with van der Waals surface area (Å²) in [5.74, 6) is 1.39. The molecule has 0 aliphatic carbocycles. The molecular formula is C21H29N3O2. The number of nitrogens with one attached hydrogen (secondary N) is 1. The van der Waals surface area contributed by atoms with E-state index in [2.05, 4.69) is 40.8 Å². The first-order chi connectivity index (χ1) is 12.5. The van der Waals surface area contributed by atoms with E-state index < -0.39 is 0 Å². The first-order valence-electron chi connectivity index (χ1n) is 9.56. The van der Waals surface area contributed by atoms with Crippen LogP contribution in [0, 0.1) is 13.8 Å². The molecule has 2 amide bonds. The number of carbonyl (C=O) groups excluding carboxylic acids is 1. The molecule has 0 saturated carbocycles. The van der Waals surface area contributed by atoms with Crippen LogP contribution in [0.1, 0.15) is 54.7 Å². The Morgan fingerprint density at radius 3 is 2.73 bits per heavy atom. The van der Waals surface area contributed by atoms with Crippen LogP contribution < -0.4 is 5.32 Å². The zero-order chi connectivity index (χ0) is 18.5. The largest absolute Gasteiger partial charge is 0.361 e. The van der Waals surface area contributed by atoms with Crippen LogP contribution in [-0.4, -0.2) is 35.2 Å². The van der Waals surface area contributed by atoms with Gasteiger partial charge in [0.2, 0.25) is 0 Å². The number of hydrogen-bond donors (Lipinski definition) is 1. The van der Waals surface area contributed by atoms with Crippen LogP contribution >= 0.6 is 0 Å². The van der Waals surface area contributed by atoms with Gasteiger partial charge >= 0.3 is 6.03 Å². The summed E-state index contributed by atoms with van der Waals surface area (Å²) < 4.78 is 5.21. The van der Waals surface area contributed by atoms with Gasteiger partial charge in [-0.1, -0.05) is 35.5 Å². The Hall–Kier alpha value is -2.30. The number of aromatic nitrogens is 1. The molecule has 2 atom stereocenters. The number of benzene rings is 1. The van der Waals surface area contributed by atoms with Crippen LogP contribution in [0.15, 0.2) is 34.9 Å². The van der Waals surface area contributed by atoms with Crippen molar-refractivity contribution in [1.82, 2.24) is 15.4 Å². The van der Waals surface area contributed by atoms with Crippen molar-refractivity contribution in [2.45, 2.75) is 58.4 Å². The molecule has 5 heteroatoms. The summed E-state index contributed by atoms with van der Waals surface area (Å²) in [6, 6.07) is 10.7. The Kier molecular flexibility index (Phi) is 5.96. The van der Waals surface area contributed by atoms with Crippen molar-refractivity contribution in [2.75, 3.05) is 13.1 Å². The van der Waals surface area contributed by atoms with E-state index >= 15 is 0 Å². The van der Waals surface area contributed by atoms with Crippen LogP contribution in [0.2, 0.25) is 0 Å². The molecule has 3 rings (SSSR count). The molecule has 0 unspecified atom stereocenters. The molecular weight excluding hydrogens is 326 g/mol. The van der Waals surface area contributed by atoms with Gasteiger partial charge < -0.3 is 14.7 Å². The number of aryl methyl sites for hydroxylation is 2. The van der Waals surface area contributed by atoms with E-state index in [0.717, 1.165) is 55.8 Å². The van der Waals surface area contributed by atoms with E-state index in [1.165, 1.54) is 5.56 Å². The summed E-state index contributed by atoms with van der Waals surface area (Å²) in [6.07, 6.45) is 3.96. The van der Waals surface area contributed by atoms with Gasteiger partial charge in [0.25, 0.3) is 0 Å². The van der Waals surface area contributed by atoms with Gasteiger partial charge in [0.05, 0.1) is 5.69 Å². The summed E-state index contributed by atoms with van der Waals surface area (Å²) in [4.78, 5) is 14.6. The van der Waals surface area contributed by atoms with Crippen LogP contribution in [0.3, 0.4) is 0 Å². The number of nitrogens with zero attached hydrogens (tertiary/aromatic N) is 2. The molecule has 0 spiro atoms. The van der Waals surface area contributed by atoms with E-state index in [1.54, 1.807) is 0 Å². The number of likely N-dealkylation sites (tertiary alicyclic amines) is 1. The monoisotopic (exact) mass is 355 g/mol. The first-order valence-corrected chi connectivity index (χ1v) is 9.56. The molecule has 1 aromatic heterocycles. The molecule has 2 aromatic rings. The minimum atomic E-state index is 0.0398. The normalized spacial score (nSPS) is 19.0. The van der Waals surface area contributed by atoms with Crippen molar-refractivity contribution in [3.8, 4) is 0 Å². The second-order valence-corrected chi connectivity index (χ2v) is 7.38. The van der Waals surface area contributed by atoms with Crippen LogP contribution in [0.25, 0.3) is 0 Å². The Balaban J connectivity index is 1.53. The third-order valence-electron chi connectivity index (χ3n) is 5.35. The van der Waals surface area contributed by atoms with Crippen molar-refractivity contribution in [1.29, 1.82) is 0 Å². The third-order valence-corrected chi connectivity index (χ3v) is 5.35. The van der Waals surface area contributed by atoms with Gasteiger partial charge in [0, 0.05) is 24.7 Å². The molecule has 26 heavy (non-hydrogen) atoms. The van der Waals surface area contributed by atoms with Crippen molar-refractivity contribution in [2.24, 2.45) is 0 Å². The number of rotatable bonds is 4. The van der Waals surface area contributed by atoms with Crippen molar-refractivity contribution in [3.05, 3.63) is 52.9 Å². The van der Waals surface area contributed by atoms with Crippen LogP contribution in [0.4, 0.5) is 4.79 Å². The Morgan fingerprint density at radius 1 is 1.27 bits per heavy atom. The predicted molar refractivity (Wildman–Crippen MR) is 102 cm³/mol. The fourth-order valence-corrected chi connectivity index (χ4v) is 3.81. The average Bonchev–Trinajstić information content (AvgIpc) is 2.85. The maximum absolute atomic E-state index is 12.7. The molecule has 1 aliphatic rings. The second kappa shape index (κ2) is 8.39. The molecule has 5 nitrogen and oxygen atoms in total. The fraction of sp³-hybridized carbons (Fsp3) is 0.524. The van der Waals surface area contributed by atoms with Crippen molar-refractivity contribution < 1.29 is 9.32 Å². The quantitative estimate of drug-likeness (QED) is 0.894. The van der Waals surface area contributed by atoms with Gasteiger partial charge in [-0.05, 0) is 57.9 Å². The number of amides is 2. The van der Waals surface area contributed by atoms with Crippen molar-refractivity contribution >= 4 is 6.03 Å². The van der Waals surface area contributed by atoms with Crippen LogP contribution in [-0.2, 0) is 6.42 Å². The van der Waals surface area contributed by atoms with E-state index in [9.17, 15) is 4.79 Å². The number of hydrogen-bond acceptors (Lipinski definition) is 3. The molecule has 2 heterocycles. The molecule has 1 N–H and O–H groups in total. The van der Waals surface area contributed by atoms with Gasteiger partial charge in [-0.3, -0.25) is 0 Å². The van der Waals surface area contributed by atoms with Crippen LogP contribution in [0.5, 0.6) is 0 Å². The van der Waals surface area contributed by atoms with Gasteiger partial charge in [0.1, 0.15) is 5.76 Å². The molecule has 0 bridgehead atoms. The summed E-state index contributed by atoms with van der Waals surface area (Å²) in [6.45, 7) is 7.53. The Bertz CT molecular complexity index is 707. The lowest BCUT2D eigenvalue weighted by Gasteiger charge is -2.24. The van der Waals surface area contributed by atoms with E-state index in [1.807, 2.05) is 25.7 Å². The van der Waals surface area contributed by atoms with E-state index in [4.69, 9.17) is 4.52 Å². The number of urea groups is 1. The lowest BCUT2D eigenvalue weighted by Crippen LogP contribution is -2.45. The lowest BCUT2D eigenvalue weighted by atomic mass is 9.92. The fourth-order valence-electron chi connectivity index (χ4n) is 3.81. The van der Waals surface area contributed by atoms with E-state index in [-0.39, 0.29) is 12.1 Å². The molecule has 1 aliphatic heterocycles. The molecule has 1 saturated heterocycles. The number of carbonyl (C=O) groups is 1. The SMILES string of the molecule is Cc1noc(C)c1C[C@@H](C)NC(=O)N1CCC[C@H](c2ccccc2)CC1. The summed E-state index contributed by atoms with van der Waals surface area (Å²) >= 11 is 0. The highest BCUT2D eigenvalue weighted by Gasteiger charge is 2.23. The molecule has 140 valence electrons. The average molecular weight is 355 g/mol. The molecule has 0 radical (unpaired) electrons. The minimum absolute atomic E-state index is 0.0398.